The molecule has 1 aromatic carbocycles. The molecular formula is C20H22ClN5O2. The molecule has 146 valence electrons. The van der Waals surface area contributed by atoms with Gasteiger partial charge in [-0.25, -0.2) is 4.98 Å². The molecule has 4 rings (SSSR count). The van der Waals surface area contributed by atoms with Crippen LogP contribution in [0.15, 0.2) is 47.8 Å². The first-order valence-corrected chi connectivity index (χ1v) is 9.68. The van der Waals surface area contributed by atoms with Gasteiger partial charge in [0.05, 0.1) is 42.4 Å². The van der Waals surface area contributed by atoms with Crippen molar-refractivity contribution in [2.45, 2.75) is 12.8 Å². The van der Waals surface area contributed by atoms with E-state index in [2.05, 4.69) is 15.4 Å². The first-order chi connectivity index (χ1) is 13.6. The van der Waals surface area contributed by atoms with E-state index >= 15 is 0 Å². The molecular weight excluding hydrogens is 378 g/mol. The Morgan fingerprint density at radius 1 is 1.29 bits per heavy atom. The molecule has 0 spiro atoms. The summed E-state index contributed by atoms with van der Waals surface area (Å²) in [4.78, 5) is 16.8. The number of nitrogens with one attached hydrogen (secondary N) is 1. The number of aryl methyl sites for hydroxylation is 1. The highest BCUT2D eigenvalue weighted by atomic mass is 35.5. The Hall–Kier alpha value is -2.64. The molecule has 0 unspecified atom stereocenters. The van der Waals surface area contributed by atoms with Gasteiger partial charge in [0.2, 0.25) is 0 Å². The van der Waals surface area contributed by atoms with Crippen molar-refractivity contribution in [3.8, 4) is 16.9 Å². The minimum absolute atomic E-state index is 0.141. The summed E-state index contributed by atoms with van der Waals surface area (Å²) in [6.07, 6.45) is 7.32. The SMILES string of the molecule is Cn1cncc1-c1ccc(-n2ncc(NC[C@@H]3CCCOC3)c(Cl)c2=O)cc1. The number of hydrogen-bond acceptors (Lipinski definition) is 5. The van der Waals surface area contributed by atoms with Gasteiger partial charge < -0.3 is 14.6 Å². The van der Waals surface area contributed by atoms with Crippen LogP contribution in [0.1, 0.15) is 12.8 Å². The van der Waals surface area contributed by atoms with Crippen molar-refractivity contribution >= 4 is 17.3 Å². The summed E-state index contributed by atoms with van der Waals surface area (Å²) in [5.41, 5.74) is 2.87. The number of halogens is 1. The number of ether oxygens (including phenoxy) is 1. The second-order valence-electron chi connectivity index (χ2n) is 6.99. The van der Waals surface area contributed by atoms with E-state index in [1.54, 1.807) is 18.7 Å². The van der Waals surface area contributed by atoms with Crippen LogP contribution in [0.2, 0.25) is 5.02 Å². The van der Waals surface area contributed by atoms with E-state index in [1.807, 2.05) is 35.9 Å². The largest absolute Gasteiger partial charge is 0.382 e. The van der Waals surface area contributed by atoms with E-state index in [1.165, 1.54) is 4.68 Å². The van der Waals surface area contributed by atoms with E-state index in [0.29, 0.717) is 23.8 Å². The van der Waals surface area contributed by atoms with Crippen molar-refractivity contribution in [2.24, 2.45) is 13.0 Å². The Kier molecular flexibility index (Phi) is 5.45. The lowest BCUT2D eigenvalue weighted by atomic mass is 10.0. The smallest absolute Gasteiger partial charge is 0.292 e. The quantitative estimate of drug-likeness (QED) is 0.713. The molecule has 0 saturated carbocycles. The molecule has 1 saturated heterocycles. The van der Waals surface area contributed by atoms with Crippen molar-refractivity contribution < 1.29 is 4.74 Å². The fourth-order valence-corrected chi connectivity index (χ4v) is 3.57. The monoisotopic (exact) mass is 399 g/mol. The fourth-order valence-electron chi connectivity index (χ4n) is 3.37. The highest BCUT2D eigenvalue weighted by Crippen LogP contribution is 2.22. The third kappa shape index (κ3) is 3.81. The van der Waals surface area contributed by atoms with Gasteiger partial charge in [0.1, 0.15) is 5.02 Å². The van der Waals surface area contributed by atoms with Crippen LogP contribution in [0.5, 0.6) is 0 Å². The molecule has 3 heterocycles. The lowest BCUT2D eigenvalue weighted by Crippen LogP contribution is -2.26. The standard InChI is InChI=1S/C20H22ClN5O2/c1-25-13-22-11-18(25)15-4-6-16(7-5-15)26-20(27)19(21)17(10-24-26)23-9-14-3-2-8-28-12-14/h4-7,10-11,13-14,23H,2-3,8-9,12H2,1H3/t14-/m0/s1. The van der Waals surface area contributed by atoms with Gasteiger partial charge in [0.25, 0.3) is 5.56 Å². The van der Waals surface area contributed by atoms with Crippen molar-refractivity contribution in [2.75, 3.05) is 25.1 Å². The summed E-state index contributed by atoms with van der Waals surface area (Å²) in [6, 6.07) is 7.56. The van der Waals surface area contributed by atoms with Gasteiger partial charge in [0.15, 0.2) is 0 Å². The molecule has 28 heavy (non-hydrogen) atoms. The second kappa shape index (κ2) is 8.16. The Morgan fingerprint density at radius 2 is 2.11 bits per heavy atom. The van der Waals surface area contributed by atoms with Gasteiger partial charge in [-0.3, -0.25) is 4.79 Å². The van der Waals surface area contributed by atoms with E-state index in [9.17, 15) is 4.79 Å². The summed E-state index contributed by atoms with van der Waals surface area (Å²) in [5.74, 6) is 0.423. The van der Waals surface area contributed by atoms with E-state index < -0.39 is 0 Å². The summed E-state index contributed by atoms with van der Waals surface area (Å²) < 4.78 is 8.73. The first kappa shape index (κ1) is 18.7. The van der Waals surface area contributed by atoms with Crippen LogP contribution in [-0.4, -0.2) is 39.1 Å². The maximum Gasteiger partial charge on any atom is 0.292 e. The summed E-state index contributed by atoms with van der Waals surface area (Å²) in [7, 11) is 1.94. The van der Waals surface area contributed by atoms with Crippen LogP contribution in [0.4, 0.5) is 5.69 Å². The van der Waals surface area contributed by atoms with Crippen LogP contribution in [0.25, 0.3) is 16.9 Å². The second-order valence-corrected chi connectivity index (χ2v) is 7.37. The van der Waals surface area contributed by atoms with Crippen LogP contribution >= 0.6 is 11.6 Å². The minimum Gasteiger partial charge on any atom is -0.382 e. The Labute approximate surface area is 167 Å². The number of imidazole rings is 1. The zero-order chi connectivity index (χ0) is 19.5. The normalized spacial score (nSPS) is 16.9. The lowest BCUT2D eigenvalue weighted by Gasteiger charge is -2.22. The molecule has 0 amide bonds. The molecule has 1 aliphatic heterocycles. The third-order valence-corrected chi connectivity index (χ3v) is 5.34. The van der Waals surface area contributed by atoms with Gasteiger partial charge in [-0.1, -0.05) is 23.7 Å². The molecule has 0 bridgehead atoms. The topological polar surface area (TPSA) is 74.0 Å². The summed E-state index contributed by atoms with van der Waals surface area (Å²) >= 11 is 6.32. The predicted octanol–water partition coefficient (Wildman–Crippen LogP) is 3.12. The molecule has 2 aromatic heterocycles. The highest BCUT2D eigenvalue weighted by Gasteiger charge is 2.16. The van der Waals surface area contributed by atoms with Crippen LogP contribution < -0.4 is 10.9 Å². The Morgan fingerprint density at radius 3 is 2.79 bits per heavy atom. The van der Waals surface area contributed by atoms with Crippen molar-refractivity contribution in [3.05, 3.63) is 58.4 Å². The minimum atomic E-state index is -0.347. The molecule has 8 heteroatoms. The summed E-state index contributed by atoms with van der Waals surface area (Å²) in [5, 5.41) is 7.67. The Balaban J connectivity index is 1.53. The molecule has 1 fully saturated rings. The number of aromatic nitrogens is 4. The zero-order valence-electron chi connectivity index (χ0n) is 15.6. The molecule has 0 radical (unpaired) electrons. The summed E-state index contributed by atoms with van der Waals surface area (Å²) in [6.45, 7) is 2.27. The van der Waals surface area contributed by atoms with Crippen LogP contribution in [-0.2, 0) is 11.8 Å². The zero-order valence-corrected chi connectivity index (χ0v) is 16.4. The number of hydrogen-bond donors (Lipinski definition) is 1. The van der Waals surface area contributed by atoms with Crippen molar-refractivity contribution in [1.29, 1.82) is 0 Å². The number of rotatable bonds is 5. The van der Waals surface area contributed by atoms with Crippen LogP contribution in [0, 0.1) is 5.92 Å². The van der Waals surface area contributed by atoms with Gasteiger partial charge in [-0.2, -0.15) is 9.78 Å². The van der Waals surface area contributed by atoms with Gasteiger partial charge in [0, 0.05) is 20.2 Å². The molecule has 1 atom stereocenters. The van der Waals surface area contributed by atoms with Gasteiger partial charge in [-0.15, -0.1) is 0 Å². The fraction of sp³-hybridized carbons (Fsp3) is 0.350. The molecule has 1 N–H and O–H groups in total. The number of anilines is 1. The van der Waals surface area contributed by atoms with Crippen molar-refractivity contribution in [1.82, 2.24) is 19.3 Å². The maximum absolute atomic E-state index is 12.7. The molecule has 3 aromatic rings. The number of benzene rings is 1. The predicted molar refractivity (Wildman–Crippen MR) is 109 cm³/mol. The first-order valence-electron chi connectivity index (χ1n) is 9.30. The maximum atomic E-state index is 12.7. The number of nitrogens with zero attached hydrogens (tertiary/aromatic N) is 4. The molecule has 0 aliphatic carbocycles. The molecule has 1 aliphatic rings. The third-order valence-electron chi connectivity index (χ3n) is 4.98. The average molecular weight is 400 g/mol. The van der Waals surface area contributed by atoms with E-state index in [0.717, 1.165) is 37.3 Å². The van der Waals surface area contributed by atoms with Gasteiger partial charge in [-0.05, 0) is 36.5 Å². The molecule has 7 nitrogen and oxygen atoms in total. The van der Waals surface area contributed by atoms with Crippen LogP contribution in [0.3, 0.4) is 0 Å². The average Bonchev–Trinajstić information content (AvgIpc) is 3.16. The van der Waals surface area contributed by atoms with E-state index in [4.69, 9.17) is 16.3 Å². The van der Waals surface area contributed by atoms with Gasteiger partial charge >= 0.3 is 0 Å². The van der Waals surface area contributed by atoms with Crippen molar-refractivity contribution in [3.63, 3.8) is 0 Å². The Bertz CT molecular complexity index is 1010. The lowest BCUT2D eigenvalue weighted by molar-refractivity contribution is 0.0595. The highest BCUT2D eigenvalue weighted by molar-refractivity contribution is 6.32. The van der Waals surface area contributed by atoms with E-state index in [-0.39, 0.29) is 10.6 Å².